The van der Waals surface area contributed by atoms with Crippen LogP contribution in [-0.4, -0.2) is 47.7 Å². The Balaban J connectivity index is 1.60. The highest BCUT2D eigenvalue weighted by Crippen LogP contribution is 2.65. The first kappa shape index (κ1) is 24.8. The van der Waals surface area contributed by atoms with Crippen LogP contribution in [0.3, 0.4) is 0 Å². The summed E-state index contributed by atoms with van der Waals surface area (Å²) in [5, 5.41) is 18.0. The number of carboxylic acids is 1. The number of hydrogen-bond donors (Lipinski definition) is 5. The summed E-state index contributed by atoms with van der Waals surface area (Å²) in [5.41, 5.74) is 5.91. The van der Waals surface area contributed by atoms with Crippen LogP contribution in [0.2, 0.25) is 0 Å². The van der Waals surface area contributed by atoms with E-state index >= 15 is 0 Å². The molecule has 3 saturated carbocycles. The summed E-state index contributed by atoms with van der Waals surface area (Å²) < 4.78 is 0. The number of amides is 3. The first-order valence-corrected chi connectivity index (χ1v) is 12.4. The number of nitrogens with two attached hydrogens (primary N) is 1. The average Bonchev–Trinajstić information content (AvgIpc) is 3.01. The van der Waals surface area contributed by atoms with E-state index in [0.717, 1.165) is 32.1 Å². The van der Waals surface area contributed by atoms with Gasteiger partial charge in [0.1, 0.15) is 12.1 Å². The number of urea groups is 1. The van der Waals surface area contributed by atoms with Crippen molar-refractivity contribution < 1.29 is 19.5 Å². The van der Waals surface area contributed by atoms with Crippen molar-refractivity contribution in [2.24, 2.45) is 28.4 Å². The lowest BCUT2D eigenvalue weighted by molar-refractivity contribution is -0.139. The van der Waals surface area contributed by atoms with Gasteiger partial charge in [0.25, 0.3) is 0 Å². The number of carbonyl (C=O) groups excluding carboxylic acids is 2. The topological polar surface area (TPSA) is 134 Å². The fourth-order valence-electron chi connectivity index (χ4n) is 6.14. The summed E-state index contributed by atoms with van der Waals surface area (Å²) in [4.78, 5) is 37.4. The van der Waals surface area contributed by atoms with E-state index in [2.05, 4.69) is 36.7 Å². The van der Waals surface area contributed by atoms with E-state index in [-0.39, 0.29) is 22.8 Å². The van der Waals surface area contributed by atoms with E-state index in [9.17, 15) is 19.5 Å². The second kappa shape index (κ2) is 9.98. The van der Waals surface area contributed by atoms with Crippen molar-refractivity contribution >= 4 is 17.9 Å². The van der Waals surface area contributed by atoms with Gasteiger partial charge >= 0.3 is 12.0 Å². The predicted molar refractivity (Wildman–Crippen MR) is 123 cm³/mol. The zero-order chi connectivity index (χ0) is 23.5. The van der Waals surface area contributed by atoms with Crippen LogP contribution in [0.5, 0.6) is 0 Å². The minimum absolute atomic E-state index is 0.132. The molecule has 0 saturated heterocycles. The first-order valence-electron chi connectivity index (χ1n) is 12.4. The molecule has 0 spiro atoms. The molecule has 5 atom stereocenters. The molecule has 8 nitrogen and oxygen atoms in total. The maximum atomic E-state index is 13.2. The molecule has 3 unspecified atom stereocenters. The number of aliphatic carboxylic acids is 1. The molecule has 0 aromatic heterocycles. The number of fused-ring (bicyclic) bond motifs is 2. The quantitative estimate of drug-likeness (QED) is 0.309. The van der Waals surface area contributed by atoms with Gasteiger partial charge in [0, 0.05) is 6.04 Å². The number of rotatable bonds is 11. The third-order valence-corrected chi connectivity index (χ3v) is 8.94. The minimum atomic E-state index is -1.07. The van der Waals surface area contributed by atoms with E-state index in [1.54, 1.807) is 0 Å². The minimum Gasteiger partial charge on any atom is -0.480 e. The molecule has 3 aliphatic carbocycles. The van der Waals surface area contributed by atoms with Crippen molar-refractivity contribution in [3.8, 4) is 0 Å². The number of nitrogens with one attached hydrogen (secondary N) is 3. The van der Waals surface area contributed by atoms with Gasteiger partial charge in [0.2, 0.25) is 5.91 Å². The molecule has 32 heavy (non-hydrogen) atoms. The van der Waals surface area contributed by atoms with Crippen LogP contribution in [-0.2, 0) is 9.59 Å². The van der Waals surface area contributed by atoms with Gasteiger partial charge in [-0.2, -0.15) is 0 Å². The Morgan fingerprint density at radius 1 is 1.06 bits per heavy atom. The van der Waals surface area contributed by atoms with Crippen LogP contribution in [0.1, 0.15) is 85.0 Å². The van der Waals surface area contributed by atoms with Crippen LogP contribution in [0.25, 0.3) is 0 Å². The van der Waals surface area contributed by atoms with Crippen LogP contribution >= 0.6 is 0 Å². The van der Waals surface area contributed by atoms with E-state index in [0.29, 0.717) is 44.1 Å². The van der Waals surface area contributed by atoms with Gasteiger partial charge in [-0.3, -0.25) is 4.79 Å². The molecular weight excluding hydrogens is 408 g/mol. The molecule has 0 radical (unpaired) electrons. The van der Waals surface area contributed by atoms with Crippen LogP contribution in [0, 0.1) is 22.7 Å². The number of unbranched alkanes of at least 4 members (excludes halogenated alkanes) is 1. The molecule has 3 rings (SSSR count). The Morgan fingerprint density at radius 3 is 2.25 bits per heavy atom. The van der Waals surface area contributed by atoms with Gasteiger partial charge in [0.15, 0.2) is 0 Å². The highest BCUT2D eigenvalue weighted by Gasteiger charge is 2.60. The molecule has 0 aromatic rings. The maximum absolute atomic E-state index is 13.2. The lowest BCUT2D eigenvalue weighted by Gasteiger charge is -2.33. The average molecular weight is 451 g/mol. The first-order chi connectivity index (χ1) is 15.1. The predicted octanol–water partition coefficient (Wildman–Crippen LogP) is 2.76. The molecular formula is C24H42N4O4. The highest BCUT2D eigenvalue weighted by molar-refractivity contribution is 5.89. The van der Waals surface area contributed by atoms with Crippen molar-refractivity contribution in [1.82, 2.24) is 16.0 Å². The molecule has 2 bridgehead atoms. The fraction of sp³-hybridized carbons (Fsp3) is 0.875. The molecule has 0 aromatic carbocycles. The Kier molecular flexibility index (Phi) is 7.73. The Morgan fingerprint density at radius 2 is 1.75 bits per heavy atom. The fourth-order valence-corrected chi connectivity index (χ4v) is 6.14. The molecule has 8 heteroatoms. The smallest absolute Gasteiger partial charge is 0.326 e. The lowest BCUT2D eigenvalue weighted by Crippen LogP contribution is -2.56. The van der Waals surface area contributed by atoms with Gasteiger partial charge in [-0.05, 0) is 74.2 Å². The number of hydrogen-bond acceptors (Lipinski definition) is 4. The summed E-state index contributed by atoms with van der Waals surface area (Å²) >= 11 is 0. The lowest BCUT2D eigenvalue weighted by atomic mass is 9.71. The summed E-state index contributed by atoms with van der Waals surface area (Å²) in [7, 11) is 0. The molecule has 3 fully saturated rings. The molecule has 0 aliphatic heterocycles. The third kappa shape index (κ3) is 5.21. The maximum Gasteiger partial charge on any atom is 0.326 e. The number of carbonyl (C=O) groups is 3. The van der Waals surface area contributed by atoms with Crippen LogP contribution < -0.4 is 21.7 Å². The van der Waals surface area contributed by atoms with Crippen molar-refractivity contribution in [2.75, 3.05) is 6.54 Å². The van der Waals surface area contributed by atoms with Gasteiger partial charge in [-0.25, -0.2) is 9.59 Å². The van der Waals surface area contributed by atoms with Gasteiger partial charge in [0.05, 0.1) is 0 Å². The Labute approximate surface area is 191 Å². The molecule has 0 heterocycles. The van der Waals surface area contributed by atoms with E-state index in [1.165, 1.54) is 6.42 Å². The zero-order valence-electron chi connectivity index (χ0n) is 19.9. The van der Waals surface area contributed by atoms with Crippen molar-refractivity contribution in [3.05, 3.63) is 0 Å². The summed E-state index contributed by atoms with van der Waals surface area (Å²) in [6.07, 6.45) is 8.84. The highest BCUT2D eigenvalue weighted by atomic mass is 16.4. The normalized spacial score (nSPS) is 30.2. The zero-order valence-corrected chi connectivity index (χ0v) is 19.9. The van der Waals surface area contributed by atoms with E-state index < -0.39 is 24.1 Å². The Hall–Kier alpha value is -1.83. The molecule has 3 aliphatic rings. The summed E-state index contributed by atoms with van der Waals surface area (Å²) in [6.45, 7) is 7.43. The SMILES string of the molecule is CC12CCC(C(NC(=O)[C@@H](CC3CCC3)NC(=O)N[C@@H](CCCCN)C(=O)O)C1)C2(C)C. The van der Waals surface area contributed by atoms with Crippen molar-refractivity contribution in [1.29, 1.82) is 0 Å². The van der Waals surface area contributed by atoms with Crippen molar-refractivity contribution in [3.63, 3.8) is 0 Å². The summed E-state index contributed by atoms with van der Waals surface area (Å²) in [6, 6.07) is -2.09. The van der Waals surface area contributed by atoms with E-state index in [1.807, 2.05) is 0 Å². The van der Waals surface area contributed by atoms with Crippen LogP contribution in [0.4, 0.5) is 4.79 Å². The largest absolute Gasteiger partial charge is 0.480 e. The Bertz CT molecular complexity index is 705. The molecule has 182 valence electrons. The second-order valence-corrected chi connectivity index (χ2v) is 11.1. The molecule has 6 N–H and O–H groups in total. The second-order valence-electron chi connectivity index (χ2n) is 11.1. The number of carboxylic acid groups (broad SMARTS) is 1. The van der Waals surface area contributed by atoms with Gasteiger partial charge < -0.3 is 26.8 Å². The third-order valence-electron chi connectivity index (χ3n) is 8.94. The van der Waals surface area contributed by atoms with Gasteiger partial charge in [-0.1, -0.05) is 40.0 Å². The van der Waals surface area contributed by atoms with E-state index in [4.69, 9.17) is 5.73 Å². The van der Waals surface area contributed by atoms with Crippen LogP contribution in [0.15, 0.2) is 0 Å². The monoisotopic (exact) mass is 450 g/mol. The van der Waals surface area contributed by atoms with Crippen molar-refractivity contribution in [2.45, 2.75) is 103 Å². The summed E-state index contributed by atoms with van der Waals surface area (Å²) in [5.74, 6) is -0.331. The van der Waals surface area contributed by atoms with Gasteiger partial charge in [-0.15, -0.1) is 0 Å². The standard InChI is InChI=1S/C24H42N4O4/c1-23(2)16-10-11-24(23,3)14-19(16)26-20(29)18(13-15-7-6-8-15)28-22(32)27-17(21(30)31)9-4-5-12-25/h15-19H,4-14,25H2,1-3H3,(H,26,29)(H,30,31)(H2,27,28,32)/t16?,17-,18+,19?,24?/m0/s1. The molecule has 3 amide bonds.